The van der Waals surface area contributed by atoms with Crippen LogP contribution in [0.5, 0.6) is 0 Å². The summed E-state index contributed by atoms with van der Waals surface area (Å²) >= 11 is 0. The van der Waals surface area contributed by atoms with Crippen molar-refractivity contribution in [2.24, 2.45) is 0 Å². The minimum atomic E-state index is 0.206. The lowest BCUT2D eigenvalue weighted by Gasteiger charge is -2.24. The molecule has 1 aromatic rings. The molecule has 0 spiro atoms. The Kier molecular flexibility index (Phi) is 6.90. The molecule has 0 fully saturated rings. The minimum Gasteiger partial charge on any atom is -0.395 e. The van der Waals surface area contributed by atoms with Gasteiger partial charge in [-0.1, -0.05) is 57.0 Å². The molecule has 17 heavy (non-hydrogen) atoms. The molecular formula is C15H25NO. The van der Waals surface area contributed by atoms with Crippen molar-refractivity contribution in [3.05, 3.63) is 35.9 Å². The Balaban J connectivity index is 2.66. The number of nitrogens with one attached hydrogen (secondary N) is 1. The van der Waals surface area contributed by atoms with Crippen molar-refractivity contribution in [1.82, 2.24) is 5.32 Å². The van der Waals surface area contributed by atoms with E-state index in [2.05, 4.69) is 43.4 Å². The molecule has 0 saturated heterocycles. The summed E-state index contributed by atoms with van der Waals surface area (Å²) in [7, 11) is 0. The molecule has 2 N–H and O–H groups in total. The Morgan fingerprint density at radius 2 is 1.88 bits per heavy atom. The van der Waals surface area contributed by atoms with Gasteiger partial charge >= 0.3 is 0 Å². The summed E-state index contributed by atoms with van der Waals surface area (Å²) in [5, 5.41) is 12.8. The van der Waals surface area contributed by atoms with Crippen molar-refractivity contribution in [1.29, 1.82) is 0 Å². The smallest absolute Gasteiger partial charge is 0.0584 e. The third-order valence-electron chi connectivity index (χ3n) is 3.20. The first-order chi connectivity index (χ1) is 8.31. The second-order valence-electron chi connectivity index (χ2n) is 4.56. The first-order valence-electron chi connectivity index (χ1n) is 6.73. The molecule has 0 aliphatic heterocycles. The van der Waals surface area contributed by atoms with Gasteiger partial charge in [-0.3, -0.25) is 0 Å². The predicted molar refractivity (Wildman–Crippen MR) is 73.0 cm³/mol. The highest BCUT2D eigenvalue weighted by Gasteiger charge is 2.14. The van der Waals surface area contributed by atoms with Crippen LogP contribution in [0.3, 0.4) is 0 Å². The standard InChI is InChI=1S/C15H25NO/c1-3-5-11-15(16-14(4-2)12-17)13-9-7-6-8-10-13/h6-10,14-17H,3-5,11-12H2,1-2H3. The normalized spacial score (nSPS) is 14.5. The topological polar surface area (TPSA) is 32.3 Å². The van der Waals surface area contributed by atoms with Crippen LogP contribution in [0.4, 0.5) is 0 Å². The zero-order valence-corrected chi connectivity index (χ0v) is 11.0. The molecule has 0 aliphatic carbocycles. The van der Waals surface area contributed by atoms with Crippen LogP contribution >= 0.6 is 0 Å². The highest BCUT2D eigenvalue weighted by Crippen LogP contribution is 2.20. The molecule has 0 radical (unpaired) electrons. The van der Waals surface area contributed by atoms with Crippen LogP contribution in [0.2, 0.25) is 0 Å². The van der Waals surface area contributed by atoms with E-state index in [0.29, 0.717) is 6.04 Å². The zero-order valence-electron chi connectivity index (χ0n) is 11.0. The van der Waals surface area contributed by atoms with E-state index < -0.39 is 0 Å². The molecule has 2 heteroatoms. The Morgan fingerprint density at radius 1 is 1.18 bits per heavy atom. The summed E-state index contributed by atoms with van der Waals surface area (Å²) in [6.07, 6.45) is 4.53. The molecule has 0 aliphatic rings. The number of unbranched alkanes of at least 4 members (excludes halogenated alkanes) is 1. The second-order valence-corrected chi connectivity index (χ2v) is 4.56. The van der Waals surface area contributed by atoms with Gasteiger partial charge in [-0.25, -0.2) is 0 Å². The van der Waals surface area contributed by atoms with Crippen LogP contribution < -0.4 is 5.32 Å². The summed E-state index contributed by atoms with van der Waals surface area (Å²) in [5.74, 6) is 0. The molecule has 0 amide bonds. The number of rotatable bonds is 8. The lowest BCUT2D eigenvalue weighted by molar-refractivity contribution is 0.224. The molecule has 96 valence electrons. The zero-order chi connectivity index (χ0) is 12.5. The first-order valence-corrected chi connectivity index (χ1v) is 6.73. The third-order valence-corrected chi connectivity index (χ3v) is 3.20. The molecule has 0 aromatic heterocycles. The summed E-state index contributed by atoms with van der Waals surface area (Å²) < 4.78 is 0. The van der Waals surface area contributed by atoms with Crippen LogP contribution in [-0.2, 0) is 0 Å². The number of hydrogen-bond acceptors (Lipinski definition) is 2. The minimum absolute atomic E-state index is 0.206. The summed E-state index contributed by atoms with van der Waals surface area (Å²) in [6.45, 7) is 4.53. The van der Waals surface area contributed by atoms with Crippen molar-refractivity contribution in [2.75, 3.05) is 6.61 Å². The number of aliphatic hydroxyl groups excluding tert-OH is 1. The SMILES string of the molecule is CCCCC(NC(CC)CO)c1ccccc1. The van der Waals surface area contributed by atoms with E-state index >= 15 is 0 Å². The Bertz CT molecular complexity index is 282. The van der Waals surface area contributed by atoms with Crippen molar-refractivity contribution in [3.63, 3.8) is 0 Å². The largest absolute Gasteiger partial charge is 0.395 e. The lowest BCUT2D eigenvalue weighted by Crippen LogP contribution is -2.35. The summed E-state index contributed by atoms with van der Waals surface area (Å²) in [5.41, 5.74) is 1.33. The average Bonchev–Trinajstić information content (AvgIpc) is 2.40. The maximum absolute atomic E-state index is 9.28. The van der Waals surface area contributed by atoms with Gasteiger partial charge in [0.05, 0.1) is 6.61 Å². The van der Waals surface area contributed by atoms with Gasteiger partial charge in [-0.2, -0.15) is 0 Å². The van der Waals surface area contributed by atoms with E-state index in [9.17, 15) is 5.11 Å². The lowest BCUT2D eigenvalue weighted by atomic mass is 10.00. The Labute approximate surface area is 105 Å². The quantitative estimate of drug-likeness (QED) is 0.724. The number of aliphatic hydroxyl groups is 1. The van der Waals surface area contributed by atoms with Gasteiger partial charge in [0.1, 0.15) is 0 Å². The molecule has 0 bridgehead atoms. The van der Waals surface area contributed by atoms with Gasteiger partial charge in [-0.15, -0.1) is 0 Å². The fourth-order valence-corrected chi connectivity index (χ4v) is 2.02. The maximum Gasteiger partial charge on any atom is 0.0584 e. The van der Waals surface area contributed by atoms with Crippen LogP contribution in [0, 0.1) is 0 Å². The van der Waals surface area contributed by atoms with Gasteiger partial charge in [0.15, 0.2) is 0 Å². The Morgan fingerprint density at radius 3 is 2.41 bits per heavy atom. The van der Waals surface area contributed by atoms with Crippen LogP contribution in [0.25, 0.3) is 0 Å². The van der Waals surface area contributed by atoms with E-state index in [1.54, 1.807) is 0 Å². The molecule has 2 unspecified atom stereocenters. The first kappa shape index (κ1) is 14.2. The molecule has 0 saturated carbocycles. The fraction of sp³-hybridized carbons (Fsp3) is 0.600. The number of benzene rings is 1. The van der Waals surface area contributed by atoms with Crippen LogP contribution in [-0.4, -0.2) is 17.8 Å². The molecule has 1 aromatic carbocycles. The molecule has 2 atom stereocenters. The van der Waals surface area contributed by atoms with E-state index in [1.807, 2.05) is 6.07 Å². The predicted octanol–water partition coefficient (Wildman–Crippen LogP) is 3.28. The number of hydrogen-bond donors (Lipinski definition) is 2. The highest BCUT2D eigenvalue weighted by molar-refractivity contribution is 5.19. The van der Waals surface area contributed by atoms with E-state index in [-0.39, 0.29) is 12.6 Å². The van der Waals surface area contributed by atoms with Crippen molar-refractivity contribution < 1.29 is 5.11 Å². The van der Waals surface area contributed by atoms with Crippen LogP contribution in [0.1, 0.15) is 51.1 Å². The highest BCUT2D eigenvalue weighted by atomic mass is 16.3. The molecule has 2 nitrogen and oxygen atoms in total. The maximum atomic E-state index is 9.28. The summed E-state index contributed by atoms with van der Waals surface area (Å²) in [4.78, 5) is 0. The molecular weight excluding hydrogens is 210 g/mol. The van der Waals surface area contributed by atoms with Crippen LogP contribution in [0.15, 0.2) is 30.3 Å². The van der Waals surface area contributed by atoms with Gasteiger partial charge < -0.3 is 10.4 Å². The van der Waals surface area contributed by atoms with Crippen molar-refractivity contribution in [3.8, 4) is 0 Å². The van der Waals surface area contributed by atoms with Crippen molar-refractivity contribution in [2.45, 2.75) is 51.6 Å². The van der Waals surface area contributed by atoms with E-state index in [0.717, 1.165) is 12.8 Å². The van der Waals surface area contributed by atoms with Gasteiger partial charge in [-0.05, 0) is 18.4 Å². The fourth-order valence-electron chi connectivity index (χ4n) is 2.02. The average molecular weight is 235 g/mol. The Hall–Kier alpha value is -0.860. The van der Waals surface area contributed by atoms with Gasteiger partial charge in [0.25, 0.3) is 0 Å². The monoisotopic (exact) mass is 235 g/mol. The summed E-state index contributed by atoms with van der Waals surface area (Å²) in [6, 6.07) is 11.1. The van der Waals surface area contributed by atoms with E-state index in [1.165, 1.54) is 18.4 Å². The molecule has 1 rings (SSSR count). The van der Waals surface area contributed by atoms with Gasteiger partial charge in [0.2, 0.25) is 0 Å². The van der Waals surface area contributed by atoms with Gasteiger partial charge in [0, 0.05) is 12.1 Å². The van der Waals surface area contributed by atoms with Crippen molar-refractivity contribution >= 4 is 0 Å². The molecule has 0 heterocycles. The third kappa shape index (κ3) is 4.88. The van der Waals surface area contributed by atoms with E-state index in [4.69, 9.17) is 0 Å². The second kappa shape index (κ2) is 8.26.